The van der Waals surface area contributed by atoms with Crippen molar-refractivity contribution < 1.29 is 4.42 Å². The van der Waals surface area contributed by atoms with Gasteiger partial charge in [0.05, 0.1) is 12.0 Å². The average Bonchev–Trinajstić information content (AvgIpc) is 3.31. The van der Waals surface area contributed by atoms with Gasteiger partial charge >= 0.3 is 0 Å². The first-order valence-corrected chi connectivity index (χ1v) is 7.22. The summed E-state index contributed by atoms with van der Waals surface area (Å²) in [7, 11) is 0. The van der Waals surface area contributed by atoms with Crippen LogP contribution in [0, 0.1) is 0 Å². The van der Waals surface area contributed by atoms with E-state index in [2.05, 4.69) is 26.1 Å². The Labute approximate surface area is 130 Å². The van der Waals surface area contributed by atoms with E-state index in [9.17, 15) is 0 Å². The molecule has 0 fully saturated rings. The minimum absolute atomic E-state index is 0.535. The highest BCUT2D eigenvalue weighted by Crippen LogP contribution is 2.24. The highest BCUT2D eigenvalue weighted by Gasteiger charge is 2.14. The zero-order valence-electron chi connectivity index (χ0n) is 12.0. The van der Waals surface area contributed by atoms with Gasteiger partial charge in [0.15, 0.2) is 11.6 Å². The van der Waals surface area contributed by atoms with Gasteiger partial charge in [0.2, 0.25) is 0 Å². The van der Waals surface area contributed by atoms with Gasteiger partial charge in [-0.15, -0.1) is 5.10 Å². The number of aromatic amines is 1. The predicted molar refractivity (Wildman–Crippen MR) is 85.8 cm³/mol. The fourth-order valence-electron chi connectivity index (χ4n) is 2.71. The molecule has 0 unspecified atom stereocenters. The Hall–Kier alpha value is -3.41. The first-order chi connectivity index (χ1) is 11.4. The van der Waals surface area contributed by atoms with Gasteiger partial charge in [-0.2, -0.15) is 9.50 Å². The third-order valence-corrected chi connectivity index (χ3v) is 3.79. The Morgan fingerprint density at radius 3 is 2.87 bits per heavy atom. The van der Waals surface area contributed by atoms with Gasteiger partial charge in [-0.05, 0) is 30.3 Å². The first kappa shape index (κ1) is 12.2. The fourth-order valence-corrected chi connectivity index (χ4v) is 2.71. The second kappa shape index (κ2) is 4.54. The number of benzene rings is 1. The molecular weight excluding hydrogens is 290 g/mol. The largest absolute Gasteiger partial charge is 0.463 e. The number of nitrogens with one attached hydrogen (secondary N) is 1. The fraction of sp³-hybridized carbons (Fsp3) is 0. The van der Waals surface area contributed by atoms with Gasteiger partial charge in [-0.25, -0.2) is 4.98 Å². The van der Waals surface area contributed by atoms with Crippen molar-refractivity contribution in [1.82, 2.24) is 24.6 Å². The lowest BCUT2D eigenvalue weighted by Crippen LogP contribution is -1.94. The average molecular weight is 301 g/mol. The minimum atomic E-state index is 0.535. The molecule has 5 rings (SSSR count). The Morgan fingerprint density at radius 1 is 1.04 bits per heavy atom. The summed E-state index contributed by atoms with van der Waals surface area (Å²) in [4.78, 5) is 12.1. The van der Waals surface area contributed by atoms with E-state index >= 15 is 0 Å². The number of hydrogen-bond acceptors (Lipinski definition) is 4. The quantitative estimate of drug-likeness (QED) is 0.541. The van der Waals surface area contributed by atoms with E-state index in [4.69, 9.17) is 4.42 Å². The van der Waals surface area contributed by atoms with E-state index < -0.39 is 0 Å². The van der Waals surface area contributed by atoms with Gasteiger partial charge < -0.3 is 9.40 Å². The third kappa shape index (κ3) is 1.85. The van der Waals surface area contributed by atoms with Crippen LogP contribution >= 0.6 is 0 Å². The lowest BCUT2D eigenvalue weighted by atomic mass is 10.2. The number of para-hydroxylation sites is 1. The number of hydrogen-bond donors (Lipinski definition) is 1. The first-order valence-electron chi connectivity index (χ1n) is 7.22. The summed E-state index contributed by atoms with van der Waals surface area (Å²) in [6.45, 7) is 0. The van der Waals surface area contributed by atoms with Crippen LogP contribution in [-0.2, 0) is 0 Å². The molecule has 0 bridgehead atoms. The predicted octanol–water partition coefficient (Wildman–Crippen LogP) is 3.53. The van der Waals surface area contributed by atoms with Crippen molar-refractivity contribution in [2.24, 2.45) is 0 Å². The molecule has 0 aliphatic heterocycles. The molecule has 0 saturated heterocycles. The normalized spacial score (nSPS) is 11.5. The van der Waals surface area contributed by atoms with E-state index in [0.717, 1.165) is 28.1 Å². The number of furan rings is 1. The Kier molecular flexibility index (Phi) is 2.40. The van der Waals surface area contributed by atoms with Crippen LogP contribution in [0.25, 0.3) is 39.7 Å². The molecule has 6 nitrogen and oxygen atoms in total. The van der Waals surface area contributed by atoms with Crippen LogP contribution in [-0.4, -0.2) is 24.6 Å². The van der Waals surface area contributed by atoms with Crippen molar-refractivity contribution in [3.05, 3.63) is 61.0 Å². The maximum Gasteiger partial charge on any atom is 0.253 e. The third-order valence-electron chi connectivity index (χ3n) is 3.79. The van der Waals surface area contributed by atoms with Crippen LogP contribution in [0.15, 0.2) is 65.4 Å². The van der Waals surface area contributed by atoms with Gasteiger partial charge in [0.25, 0.3) is 5.78 Å². The van der Waals surface area contributed by atoms with E-state index in [0.29, 0.717) is 11.6 Å². The summed E-state index contributed by atoms with van der Waals surface area (Å²) in [6.07, 6.45) is 3.34. The van der Waals surface area contributed by atoms with Crippen LogP contribution in [0.1, 0.15) is 0 Å². The molecule has 1 N–H and O–H groups in total. The molecule has 23 heavy (non-hydrogen) atoms. The second-order valence-corrected chi connectivity index (χ2v) is 5.22. The van der Waals surface area contributed by atoms with E-state index in [1.54, 1.807) is 17.0 Å². The minimum Gasteiger partial charge on any atom is -0.463 e. The summed E-state index contributed by atoms with van der Waals surface area (Å²) in [5.41, 5.74) is 2.73. The van der Waals surface area contributed by atoms with Gasteiger partial charge in [0.1, 0.15) is 5.69 Å². The van der Waals surface area contributed by atoms with Crippen LogP contribution in [0.3, 0.4) is 0 Å². The van der Waals surface area contributed by atoms with Crippen LogP contribution < -0.4 is 0 Å². The lowest BCUT2D eigenvalue weighted by Gasteiger charge is -1.98. The molecule has 110 valence electrons. The molecule has 0 amide bonds. The lowest BCUT2D eigenvalue weighted by molar-refractivity contribution is 0.577. The topological polar surface area (TPSA) is 72.0 Å². The molecule has 1 aromatic carbocycles. The van der Waals surface area contributed by atoms with Crippen molar-refractivity contribution in [2.45, 2.75) is 0 Å². The molecule has 0 aliphatic carbocycles. The maximum atomic E-state index is 5.47. The molecule has 0 atom stereocenters. The van der Waals surface area contributed by atoms with Crippen molar-refractivity contribution >= 4 is 16.7 Å². The summed E-state index contributed by atoms with van der Waals surface area (Å²) >= 11 is 0. The summed E-state index contributed by atoms with van der Waals surface area (Å²) < 4.78 is 7.16. The number of nitrogens with zero attached hydrogens (tertiary/aromatic N) is 4. The molecule has 0 saturated carbocycles. The molecular formula is C17H11N5O. The van der Waals surface area contributed by atoms with Crippen LogP contribution in [0.4, 0.5) is 0 Å². The monoisotopic (exact) mass is 301 g/mol. The number of H-pyrrole nitrogens is 1. The van der Waals surface area contributed by atoms with Gasteiger partial charge in [-0.3, -0.25) is 0 Å². The number of rotatable bonds is 2. The molecule has 4 heterocycles. The highest BCUT2D eigenvalue weighted by atomic mass is 16.3. The Balaban J connectivity index is 1.72. The second-order valence-electron chi connectivity index (χ2n) is 5.22. The molecule has 6 heteroatoms. The zero-order chi connectivity index (χ0) is 15.2. The van der Waals surface area contributed by atoms with Gasteiger partial charge in [-0.1, -0.05) is 18.2 Å². The zero-order valence-corrected chi connectivity index (χ0v) is 12.0. The SMILES string of the molecule is c1coc(-c2ccnc3nc(-c4cc5ccccc5[nH]4)nn23)c1. The molecule has 4 aromatic heterocycles. The van der Waals surface area contributed by atoms with E-state index in [1.807, 2.05) is 42.5 Å². The van der Waals surface area contributed by atoms with E-state index in [1.165, 1.54) is 0 Å². The Morgan fingerprint density at radius 2 is 2.00 bits per heavy atom. The smallest absolute Gasteiger partial charge is 0.253 e. The van der Waals surface area contributed by atoms with Gasteiger partial charge in [0, 0.05) is 17.1 Å². The molecule has 0 aliphatic rings. The standard InChI is InChI=1S/C17H11N5O/c1-2-5-12-11(4-1)10-13(19-12)16-20-17-18-8-7-14(22(17)21-16)15-6-3-9-23-15/h1-10,19H. The Bertz CT molecular complexity index is 1090. The highest BCUT2D eigenvalue weighted by molar-refractivity contribution is 5.84. The van der Waals surface area contributed by atoms with Crippen molar-refractivity contribution in [1.29, 1.82) is 0 Å². The van der Waals surface area contributed by atoms with Crippen LogP contribution in [0.5, 0.6) is 0 Å². The van der Waals surface area contributed by atoms with Crippen molar-refractivity contribution in [2.75, 3.05) is 0 Å². The van der Waals surface area contributed by atoms with Crippen molar-refractivity contribution in [3.8, 4) is 23.0 Å². The molecule has 0 spiro atoms. The summed E-state index contributed by atoms with van der Waals surface area (Å²) in [5, 5.41) is 5.71. The van der Waals surface area contributed by atoms with Crippen molar-refractivity contribution in [3.63, 3.8) is 0 Å². The summed E-state index contributed by atoms with van der Waals surface area (Å²) in [6, 6.07) is 15.7. The number of aromatic nitrogens is 5. The van der Waals surface area contributed by atoms with Crippen LogP contribution in [0.2, 0.25) is 0 Å². The van der Waals surface area contributed by atoms with E-state index in [-0.39, 0.29) is 0 Å². The molecule has 5 aromatic rings. The molecule has 0 radical (unpaired) electrons. The summed E-state index contributed by atoms with van der Waals surface area (Å²) in [5.74, 6) is 1.87. The number of fused-ring (bicyclic) bond motifs is 2. The maximum absolute atomic E-state index is 5.47.